The summed E-state index contributed by atoms with van der Waals surface area (Å²) >= 11 is 5.40. The van der Waals surface area contributed by atoms with E-state index in [-0.39, 0.29) is 5.11 Å². The molecule has 0 atom stereocenters. The summed E-state index contributed by atoms with van der Waals surface area (Å²) in [7, 11) is 0. The molecule has 3 rings (SSSR count). The van der Waals surface area contributed by atoms with Crippen molar-refractivity contribution in [3.8, 4) is 11.5 Å². The van der Waals surface area contributed by atoms with E-state index in [1.807, 2.05) is 13.8 Å². The van der Waals surface area contributed by atoms with Crippen LogP contribution in [0.2, 0.25) is 0 Å². The number of rotatable bonds is 6. The fraction of sp³-hybridized carbons (Fsp3) is 0.211. The number of ether oxygens (including phenoxy) is 2. The number of anilines is 2. The molecule has 1 aliphatic rings. The summed E-state index contributed by atoms with van der Waals surface area (Å²) in [5, 5.41) is 0.119. The number of benzene rings is 2. The molecule has 0 aliphatic carbocycles. The molecule has 1 aliphatic heterocycles. The maximum atomic E-state index is 12.5. The molecule has 2 amide bonds. The van der Waals surface area contributed by atoms with Gasteiger partial charge in [0.25, 0.3) is 0 Å². The number of hydrogen-bond acceptors (Lipinski definition) is 5. The van der Waals surface area contributed by atoms with Crippen LogP contribution in [-0.2, 0) is 9.59 Å². The second-order valence-corrected chi connectivity index (χ2v) is 5.78. The Balaban J connectivity index is 1.87. The summed E-state index contributed by atoms with van der Waals surface area (Å²) in [5.41, 5.74) is 1.04. The Kier molecular flexibility index (Phi) is 5.18. The molecule has 0 spiro atoms. The molecule has 1 fully saturated rings. The van der Waals surface area contributed by atoms with Crippen molar-refractivity contribution in [2.45, 2.75) is 13.8 Å². The number of nitrogens with zero attached hydrogens (tertiary/aromatic N) is 2. The third kappa shape index (κ3) is 3.25. The van der Waals surface area contributed by atoms with Gasteiger partial charge in [-0.15, -0.1) is 0 Å². The summed E-state index contributed by atoms with van der Waals surface area (Å²) < 4.78 is 10.8. The van der Waals surface area contributed by atoms with E-state index in [9.17, 15) is 9.59 Å². The van der Waals surface area contributed by atoms with Crippen molar-refractivity contribution in [2.75, 3.05) is 23.0 Å². The van der Waals surface area contributed by atoms with Gasteiger partial charge in [0.2, 0.25) is 0 Å². The number of amides is 2. The van der Waals surface area contributed by atoms with Crippen LogP contribution >= 0.6 is 12.2 Å². The smallest absolute Gasteiger partial charge is 0.323 e. The first-order chi connectivity index (χ1) is 12.6. The minimum absolute atomic E-state index is 0.119. The summed E-state index contributed by atoms with van der Waals surface area (Å²) in [6, 6.07) is 13.7. The Bertz CT molecular complexity index is 764. The van der Waals surface area contributed by atoms with Crippen molar-refractivity contribution in [1.82, 2.24) is 0 Å². The standard InChI is InChI=1S/C19H18N2O4S/c1-3-24-15-9-5-13(6-10-15)20-17(22)18(23)21(19(20)26)14-7-11-16(12-8-14)25-4-2/h5-12H,3-4H2,1-2H3. The van der Waals surface area contributed by atoms with E-state index < -0.39 is 11.8 Å². The molecular formula is C19H18N2O4S. The summed E-state index contributed by atoms with van der Waals surface area (Å²) in [4.78, 5) is 27.4. The fourth-order valence-electron chi connectivity index (χ4n) is 2.64. The number of thiocarbonyl (C=S) groups is 1. The summed E-state index contributed by atoms with van der Waals surface area (Å²) in [6.45, 7) is 4.87. The molecule has 0 aromatic heterocycles. The highest BCUT2D eigenvalue weighted by Crippen LogP contribution is 2.29. The van der Waals surface area contributed by atoms with Gasteiger partial charge in [-0.2, -0.15) is 0 Å². The van der Waals surface area contributed by atoms with Gasteiger partial charge < -0.3 is 9.47 Å². The first-order valence-corrected chi connectivity index (χ1v) is 8.65. The van der Waals surface area contributed by atoms with Crippen molar-refractivity contribution in [3.05, 3.63) is 48.5 Å². The molecule has 7 heteroatoms. The van der Waals surface area contributed by atoms with E-state index >= 15 is 0 Å². The molecule has 1 heterocycles. The highest BCUT2D eigenvalue weighted by molar-refractivity contribution is 7.81. The van der Waals surface area contributed by atoms with Crippen LogP contribution < -0.4 is 19.3 Å². The van der Waals surface area contributed by atoms with Gasteiger partial charge in [0.1, 0.15) is 11.5 Å². The molecule has 2 aromatic rings. The second-order valence-electron chi connectivity index (χ2n) is 5.42. The Morgan fingerprint density at radius 1 is 0.731 bits per heavy atom. The molecule has 26 heavy (non-hydrogen) atoms. The van der Waals surface area contributed by atoms with Gasteiger partial charge in [-0.05, 0) is 74.6 Å². The lowest BCUT2D eigenvalue weighted by atomic mass is 10.3. The highest BCUT2D eigenvalue weighted by Gasteiger charge is 2.43. The summed E-state index contributed by atoms with van der Waals surface area (Å²) in [6.07, 6.45) is 0. The Hall–Kier alpha value is -2.93. The molecule has 0 N–H and O–H groups in total. The minimum Gasteiger partial charge on any atom is -0.494 e. The molecule has 0 unspecified atom stereocenters. The molecule has 0 radical (unpaired) electrons. The SMILES string of the molecule is CCOc1ccc(N2C(=O)C(=O)N(c3ccc(OCC)cc3)C2=S)cc1. The topological polar surface area (TPSA) is 59.1 Å². The zero-order valence-corrected chi connectivity index (χ0v) is 15.3. The van der Waals surface area contributed by atoms with Crippen LogP contribution in [0.4, 0.5) is 11.4 Å². The summed E-state index contributed by atoms with van der Waals surface area (Å²) in [5.74, 6) is -0.00638. The van der Waals surface area contributed by atoms with Crippen LogP contribution in [0.25, 0.3) is 0 Å². The largest absolute Gasteiger partial charge is 0.494 e. The van der Waals surface area contributed by atoms with Crippen LogP contribution in [0.15, 0.2) is 48.5 Å². The quantitative estimate of drug-likeness (QED) is 0.577. The molecule has 6 nitrogen and oxygen atoms in total. The van der Waals surface area contributed by atoms with Gasteiger partial charge >= 0.3 is 11.8 Å². The van der Waals surface area contributed by atoms with E-state index in [2.05, 4.69) is 0 Å². The highest BCUT2D eigenvalue weighted by atomic mass is 32.1. The maximum Gasteiger partial charge on any atom is 0.323 e. The first kappa shape index (κ1) is 17.9. The zero-order chi connectivity index (χ0) is 18.7. The van der Waals surface area contributed by atoms with Crippen LogP contribution in [-0.4, -0.2) is 30.1 Å². The van der Waals surface area contributed by atoms with Gasteiger partial charge in [-0.1, -0.05) is 0 Å². The van der Waals surface area contributed by atoms with E-state index in [0.29, 0.717) is 36.1 Å². The predicted molar refractivity (Wildman–Crippen MR) is 103 cm³/mol. The Morgan fingerprint density at radius 3 is 1.38 bits per heavy atom. The minimum atomic E-state index is -0.687. The monoisotopic (exact) mass is 370 g/mol. The van der Waals surface area contributed by atoms with Crippen LogP contribution in [0, 0.1) is 0 Å². The lowest BCUT2D eigenvalue weighted by molar-refractivity contribution is -0.133. The zero-order valence-electron chi connectivity index (χ0n) is 14.5. The second kappa shape index (κ2) is 7.53. The number of carbonyl (C=O) groups is 2. The van der Waals surface area contributed by atoms with Gasteiger partial charge in [-0.3, -0.25) is 9.59 Å². The number of carbonyl (C=O) groups excluding carboxylic acids is 2. The van der Waals surface area contributed by atoms with Crippen molar-refractivity contribution >= 4 is 40.5 Å². The van der Waals surface area contributed by atoms with Gasteiger partial charge in [0.05, 0.1) is 24.6 Å². The Labute approximate surface area is 156 Å². The van der Waals surface area contributed by atoms with Crippen molar-refractivity contribution in [2.24, 2.45) is 0 Å². The third-order valence-corrected chi connectivity index (χ3v) is 4.15. The van der Waals surface area contributed by atoms with E-state index in [1.54, 1.807) is 48.5 Å². The van der Waals surface area contributed by atoms with E-state index in [4.69, 9.17) is 21.7 Å². The lowest BCUT2D eigenvalue weighted by Gasteiger charge is -2.19. The molecule has 2 aromatic carbocycles. The fourth-order valence-corrected chi connectivity index (χ4v) is 3.01. The van der Waals surface area contributed by atoms with Crippen LogP contribution in [0.3, 0.4) is 0 Å². The van der Waals surface area contributed by atoms with Crippen molar-refractivity contribution < 1.29 is 19.1 Å². The third-order valence-electron chi connectivity index (χ3n) is 3.78. The van der Waals surface area contributed by atoms with Crippen molar-refractivity contribution in [1.29, 1.82) is 0 Å². The molecular weight excluding hydrogens is 352 g/mol. The molecule has 1 saturated heterocycles. The molecule has 0 saturated carbocycles. The molecule has 0 bridgehead atoms. The van der Waals surface area contributed by atoms with E-state index in [0.717, 1.165) is 0 Å². The van der Waals surface area contributed by atoms with E-state index in [1.165, 1.54) is 9.80 Å². The predicted octanol–water partition coefficient (Wildman–Crippen LogP) is 3.15. The Morgan fingerprint density at radius 2 is 1.08 bits per heavy atom. The maximum absolute atomic E-state index is 12.5. The average molecular weight is 370 g/mol. The first-order valence-electron chi connectivity index (χ1n) is 8.25. The van der Waals surface area contributed by atoms with Crippen LogP contribution in [0.5, 0.6) is 11.5 Å². The average Bonchev–Trinajstić information content (AvgIpc) is 2.87. The van der Waals surface area contributed by atoms with Gasteiger partial charge in [0.15, 0.2) is 5.11 Å². The number of hydrogen-bond donors (Lipinski definition) is 0. The van der Waals surface area contributed by atoms with Gasteiger partial charge in [-0.25, -0.2) is 9.80 Å². The molecule has 134 valence electrons. The normalized spacial score (nSPS) is 14.2. The van der Waals surface area contributed by atoms with Gasteiger partial charge in [0, 0.05) is 0 Å². The van der Waals surface area contributed by atoms with Crippen LogP contribution in [0.1, 0.15) is 13.8 Å². The van der Waals surface area contributed by atoms with Crippen molar-refractivity contribution in [3.63, 3.8) is 0 Å². The lowest BCUT2D eigenvalue weighted by Crippen LogP contribution is -2.33.